The number of ether oxygens (including phenoxy) is 1. The standard InChI is InChI=1S/C23H28FNO2/c1-3-25(4-2)14-5-15-27-20-12-8-18(9-13-20)23(26)22-16-21(22)17-6-10-19(24)11-7-17/h6-13,21-22H,3-5,14-16H2,1-2H3. The smallest absolute Gasteiger partial charge is 0.166 e. The van der Waals surface area contributed by atoms with E-state index in [1.54, 1.807) is 12.1 Å². The molecule has 0 spiro atoms. The van der Waals surface area contributed by atoms with Crippen molar-refractivity contribution in [2.75, 3.05) is 26.2 Å². The van der Waals surface area contributed by atoms with E-state index in [0.717, 1.165) is 49.4 Å². The second kappa shape index (κ2) is 9.14. The molecule has 2 aromatic rings. The Balaban J connectivity index is 1.47. The monoisotopic (exact) mass is 369 g/mol. The van der Waals surface area contributed by atoms with Gasteiger partial charge in [0.25, 0.3) is 0 Å². The van der Waals surface area contributed by atoms with Crippen molar-refractivity contribution >= 4 is 5.78 Å². The molecule has 1 aliphatic carbocycles. The topological polar surface area (TPSA) is 29.5 Å². The summed E-state index contributed by atoms with van der Waals surface area (Å²) in [5.41, 5.74) is 1.77. The lowest BCUT2D eigenvalue weighted by Crippen LogP contribution is -2.25. The molecule has 0 N–H and O–H groups in total. The molecule has 0 saturated heterocycles. The van der Waals surface area contributed by atoms with Crippen LogP contribution in [0.3, 0.4) is 0 Å². The Hall–Kier alpha value is -2.20. The van der Waals surface area contributed by atoms with Gasteiger partial charge in [0.05, 0.1) is 6.61 Å². The quantitative estimate of drug-likeness (QED) is 0.440. The third kappa shape index (κ3) is 5.16. The van der Waals surface area contributed by atoms with E-state index in [1.807, 2.05) is 24.3 Å². The fourth-order valence-corrected chi connectivity index (χ4v) is 3.51. The molecular formula is C23H28FNO2. The van der Waals surface area contributed by atoms with Crippen molar-refractivity contribution in [3.05, 3.63) is 65.5 Å². The third-order valence-electron chi connectivity index (χ3n) is 5.35. The van der Waals surface area contributed by atoms with E-state index in [-0.39, 0.29) is 23.4 Å². The molecule has 27 heavy (non-hydrogen) atoms. The van der Waals surface area contributed by atoms with Crippen LogP contribution in [-0.2, 0) is 0 Å². The van der Waals surface area contributed by atoms with Crippen LogP contribution in [0.5, 0.6) is 5.75 Å². The minimum atomic E-state index is -0.241. The summed E-state index contributed by atoms with van der Waals surface area (Å²) in [7, 11) is 0. The molecule has 2 unspecified atom stereocenters. The summed E-state index contributed by atoms with van der Waals surface area (Å²) in [6.45, 7) is 8.18. The van der Waals surface area contributed by atoms with Crippen molar-refractivity contribution in [3.8, 4) is 5.75 Å². The highest BCUT2D eigenvalue weighted by atomic mass is 19.1. The number of hydrogen-bond donors (Lipinski definition) is 0. The maximum Gasteiger partial charge on any atom is 0.166 e. The molecule has 1 aliphatic rings. The molecule has 0 aromatic heterocycles. The Bertz CT molecular complexity index is 738. The number of hydrogen-bond acceptors (Lipinski definition) is 3. The normalized spacial score (nSPS) is 18.5. The van der Waals surface area contributed by atoms with Crippen molar-refractivity contribution < 1.29 is 13.9 Å². The zero-order chi connectivity index (χ0) is 19.2. The summed E-state index contributed by atoms with van der Waals surface area (Å²) in [6, 6.07) is 13.9. The lowest BCUT2D eigenvalue weighted by atomic mass is 10.0. The SMILES string of the molecule is CCN(CC)CCCOc1ccc(C(=O)C2CC2c2ccc(F)cc2)cc1. The highest BCUT2D eigenvalue weighted by molar-refractivity contribution is 6.00. The lowest BCUT2D eigenvalue weighted by molar-refractivity contribution is 0.0965. The highest BCUT2D eigenvalue weighted by Crippen LogP contribution is 2.49. The minimum Gasteiger partial charge on any atom is -0.494 e. The fourth-order valence-electron chi connectivity index (χ4n) is 3.51. The van der Waals surface area contributed by atoms with Gasteiger partial charge in [0.15, 0.2) is 5.78 Å². The predicted molar refractivity (Wildman–Crippen MR) is 106 cm³/mol. The first-order chi connectivity index (χ1) is 13.1. The van der Waals surface area contributed by atoms with Crippen molar-refractivity contribution in [1.29, 1.82) is 0 Å². The third-order valence-corrected chi connectivity index (χ3v) is 5.35. The van der Waals surface area contributed by atoms with Crippen LogP contribution in [0.2, 0.25) is 0 Å². The van der Waals surface area contributed by atoms with Crippen LogP contribution in [0.1, 0.15) is 48.5 Å². The van der Waals surface area contributed by atoms with E-state index in [2.05, 4.69) is 18.7 Å². The molecule has 0 radical (unpaired) electrons. The zero-order valence-electron chi connectivity index (χ0n) is 16.2. The van der Waals surface area contributed by atoms with Crippen LogP contribution >= 0.6 is 0 Å². The van der Waals surface area contributed by atoms with Crippen LogP contribution in [0, 0.1) is 11.7 Å². The Kier molecular flexibility index (Phi) is 6.62. The van der Waals surface area contributed by atoms with Crippen molar-refractivity contribution in [2.24, 2.45) is 5.92 Å². The van der Waals surface area contributed by atoms with E-state index in [4.69, 9.17) is 4.74 Å². The van der Waals surface area contributed by atoms with Crippen LogP contribution in [0.15, 0.2) is 48.5 Å². The van der Waals surface area contributed by atoms with Crippen molar-refractivity contribution in [2.45, 2.75) is 32.6 Å². The van der Waals surface area contributed by atoms with Crippen LogP contribution < -0.4 is 4.74 Å². The largest absolute Gasteiger partial charge is 0.494 e. The maximum absolute atomic E-state index is 13.0. The number of halogens is 1. The summed E-state index contributed by atoms with van der Waals surface area (Å²) in [5, 5.41) is 0. The van der Waals surface area contributed by atoms with Gasteiger partial charge in [-0.2, -0.15) is 0 Å². The van der Waals surface area contributed by atoms with Gasteiger partial charge in [-0.05, 0) is 73.8 Å². The summed E-state index contributed by atoms with van der Waals surface area (Å²) in [5.74, 6) is 0.953. The van der Waals surface area contributed by atoms with Gasteiger partial charge >= 0.3 is 0 Å². The highest BCUT2D eigenvalue weighted by Gasteiger charge is 2.43. The fraction of sp³-hybridized carbons (Fsp3) is 0.435. The molecular weight excluding hydrogens is 341 g/mol. The number of benzene rings is 2. The number of carbonyl (C=O) groups excluding carboxylic acids is 1. The first kappa shape index (κ1) is 19.6. The Morgan fingerprint density at radius 1 is 1.07 bits per heavy atom. The maximum atomic E-state index is 13.0. The van der Waals surface area contributed by atoms with Gasteiger partial charge in [0.1, 0.15) is 11.6 Å². The molecule has 4 heteroatoms. The molecule has 0 heterocycles. The average Bonchev–Trinajstić information content (AvgIpc) is 3.49. The molecule has 0 amide bonds. The summed E-state index contributed by atoms with van der Waals surface area (Å²) >= 11 is 0. The van der Waals surface area contributed by atoms with E-state index >= 15 is 0 Å². The minimum absolute atomic E-state index is 0.0105. The van der Waals surface area contributed by atoms with Crippen LogP contribution in [0.4, 0.5) is 4.39 Å². The second-order valence-electron chi connectivity index (χ2n) is 7.12. The van der Waals surface area contributed by atoms with Crippen molar-refractivity contribution in [3.63, 3.8) is 0 Å². The van der Waals surface area contributed by atoms with E-state index < -0.39 is 0 Å². The molecule has 0 bridgehead atoms. The number of carbonyl (C=O) groups is 1. The van der Waals surface area contributed by atoms with Gasteiger partial charge < -0.3 is 9.64 Å². The van der Waals surface area contributed by atoms with Gasteiger partial charge in [-0.15, -0.1) is 0 Å². The van der Waals surface area contributed by atoms with E-state index in [1.165, 1.54) is 12.1 Å². The van der Waals surface area contributed by atoms with Crippen molar-refractivity contribution in [1.82, 2.24) is 4.90 Å². The average molecular weight is 369 g/mol. The van der Waals surface area contributed by atoms with Gasteiger partial charge in [0, 0.05) is 18.0 Å². The summed E-state index contributed by atoms with van der Waals surface area (Å²) < 4.78 is 18.8. The molecule has 1 saturated carbocycles. The molecule has 3 nitrogen and oxygen atoms in total. The van der Waals surface area contributed by atoms with Gasteiger partial charge in [-0.3, -0.25) is 4.79 Å². The molecule has 1 fully saturated rings. The second-order valence-corrected chi connectivity index (χ2v) is 7.12. The lowest BCUT2D eigenvalue weighted by Gasteiger charge is -2.17. The Labute approximate surface area is 161 Å². The number of Topliss-reactive ketones (excluding diaryl/α,β-unsaturated/α-hetero) is 1. The molecule has 2 aromatic carbocycles. The Morgan fingerprint density at radius 2 is 1.74 bits per heavy atom. The van der Waals surface area contributed by atoms with Gasteiger partial charge in [-0.25, -0.2) is 4.39 Å². The van der Waals surface area contributed by atoms with Crippen LogP contribution in [0.25, 0.3) is 0 Å². The Morgan fingerprint density at radius 3 is 2.37 bits per heavy atom. The molecule has 2 atom stereocenters. The first-order valence-electron chi connectivity index (χ1n) is 9.87. The molecule has 144 valence electrons. The zero-order valence-corrected chi connectivity index (χ0v) is 16.2. The van der Waals surface area contributed by atoms with E-state index in [0.29, 0.717) is 6.61 Å². The number of nitrogens with zero attached hydrogens (tertiary/aromatic N) is 1. The van der Waals surface area contributed by atoms with Gasteiger partial charge in [0.2, 0.25) is 0 Å². The predicted octanol–water partition coefficient (Wildman–Crippen LogP) is 4.92. The molecule has 3 rings (SSSR count). The molecule has 0 aliphatic heterocycles. The number of ketones is 1. The number of rotatable bonds is 10. The summed E-state index contributed by atoms with van der Waals surface area (Å²) in [4.78, 5) is 15.0. The summed E-state index contributed by atoms with van der Waals surface area (Å²) in [6.07, 6.45) is 1.83. The van der Waals surface area contributed by atoms with E-state index in [9.17, 15) is 9.18 Å². The van der Waals surface area contributed by atoms with Crippen LogP contribution in [-0.4, -0.2) is 36.9 Å². The van der Waals surface area contributed by atoms with Gasteiger partial charge in [-0.1, -0.05) is 26.0 Å². The first-order valence-corrected chi connectivity index (χ1v) is 9.87.